The Hall–Kier alpha value is -2.01. The highest BCUT2D eigenvalue weighted by Crippen LogP contribution is 2.21. The van der Waals surface area contributed by atoms with Gasteiger partial charge in [0.1, 0.15) is 0 Å². The maximum absolute atomic E-state index is 5.35. The van der Waals surface area contributed by atoms with E-state index < -0.39 is 0 Å². The first-order valence-corrected chi connectivity index (χ1v) is 8.92. The number of nitrogens with zero attached hydrogens (tertiary/aromatic N) is 1. The van der Waals surface area contributed by atoms with Gasteiger partial charge in [0.15, 0.2) is 5.96 Å². The Kier molecular flexibility index (Phi) is 7.62. The molecule has 0 bridgehead atoms. The number of aromatic amines is 1. The molecule has 0 atom stereocenters. The standard InChI is InChI=1S/C19H30N4O/c1-4-20-19(21-12-8-14-24-5-2)22-13-11-16-15(3)23-18-10-7-6-9-17(16)18/h6-7,9-10,23H,4-5,8,11-14H2,1-3H3,(H2,20,21,22). The maximum Gasteiger partial charge on any atom is 0.191 e. The average molecular weight is 330 g/mol. The molecule has 132 valence electrons. The molecule has 5 heteroatoms. The van der Waals surface area contributed by atoms with Gasteiger partial charge in [-0.3, -0.25) is 4.99 Å². The van der Waals surface area contributed by atoms with Crippen molar-refractivity contribution in [1.82, 2.24) is 15.6 Å². The van der Waals surface area contributed by atoms with E-state index in [0.717, 1.165) is 51.6 Å². The van der Waals surface area contributed by atoms with Gasteiger partial charge in [-0.05, 0) is 45.2 Å². The summed E-state index contributed by atoms with van der Waals surface area (Å²) in [5, 5.41) is 8.04. The van der Waals surface area contributed by atoms with Crippen LogP contribution in [0.5, 0.6) is 0 Å². The van der Waals surface area contributed by atoms with Crippen LogP contribution < -0.4 is 10.6 Å². The van der Waals surface area contributed by atoms with Crippen LogP contribution in [-0.2, 0) is 11.2 Å². The third kappa shape index (κ3) is 5.27. The van der Waals surface area contributed by atoms with E-state index in [1.54, 1.807) is 0 Å². The smallest absolute Gasteiger partial charge is 0.191 e. The first-order chi connectivity index (χ1) is 11.8. The Bertz CT molecular complexity index is 648. The molecule has 0 aliphatic heterocycles. The first-order valence-electron chi connectivity index (χ1n) is 8.92. The summed E-state index contributed by atoms with van der Waals surface area (Å²) < 4.78 is 5.35. The predicted octanol–water partition coefficient (Wildman–Crippen LogP) is 3.00. The van der Waals surface area contributed by atoms with Crippen LogP contribution in [-0.4, -0.2) is 43.8 Å². The summed E-state index contributed by atoms with van der Waals surface area (Å²) in [7, 11) is 0. The number of aryl methyl sites for hydroxylation is 1. The van der Waals surface area contributed by atoms with E-state index in [4.69, 9.17) is 4.74 Å². The van der Waals surface area contributed by atoms with E-state index in [-0.39, 0.29) is 0 Å². The summed E-state index contributed by atoms with van der Waals surface area (Å²) in [5.74, 6) is 0.881. The summed E-state index contributed by atoms with van der Waals surface area (Å²) >= 11 is 0. The van der Waals surface area contributed by atoms with Crippen molar-refractivity contribution < 1.29 is 4.74 Å². The Morgan fingerprint density at radius 1 is 1.21 bits per heavy atom. The van der Waals surface area contributed by atoms with Gasteiger partial charge >= 0.3 is 0 Å². The highest BCUT2D eigenvalue weighted by molar-refractivity contribution is 5.84. The number of benzene rings is 1. The van der Waals surface area contributed by atoms with Crippen LogP contribution in [0, 0.1) is 6.92 Å². The van der Waals surface area contributed by atoms with Gasteiger partial charge in [0, 0.05) is 49.4 Å². The van der Waals surface area contributed by atoms with Crippen LogP contribution in [0.25, 0.3) is 10.9 Å². The molecule has 1 aromatic heterocycles. The molecule has 3 N–H and O–H groups in total. The Morgan fingerprint density at radius 2 is 2.04 bits per heavy atom. The number of para-hydroxylation sites is 1. The minimum absolute atomic E-state index is 0.770. The Balaban J connectivity index is 1.87. The van der Waals surface area contributed by atoms with Crippen molar-refractivity contribution in [1.29, 1.82) is 0 Å². The molecule has 24 heavy (non-hydrogen) atoms. The van der Waals surface area contributed by atoms with Gasteiger partial charge in [0.25, 0.3) is 0 Å². The lowest BCUT2D eigenvalue weighted by molar-refractivity contribution is 0.146. The third-order valence-electron chi connectivity index (χ3n) is 3.96. The molecule has 0 unspecified atom stereocenters. The largest absolute Gasteiger partial charge is 0.382 e. The van der Waals surface area contributed by atoms with Gasteiger partial charge in [-0.25, -0.2) is 0 Å². The van der Waals surface area contributed by atoms with Crippen LogP contribution in [0.4, 0.5) is 0 Å². The fraction of sp³-hybridized carbons (Fsp3) is 0.526. The molecule has 0 amide bonds. The highest BCUT2D eigenvalue weighted by Gasteiger charge is 2.07. The molecule has 1 aromatic carbocycles. The molecular formula is C19H30N4O. The summed E-state index contributed by atoms with van der Waals surface area (Å²) in [6.07, 6.45) is 1.92. The number of fused-ring (bicyclic) bond motifs is 1. The summed E-state index contributed by atoms with van der Waals surface area (Å²) in [4.78, 5) is 8.05. The van der Waals surface area contributed by atoms with E-state index in [9.17, 15) is 0 Å². The summed E-state index contributed by atoms with van der Waals surface area (Å²) in [6, 6.07) is 8.47. The van der Waals surface area contributed by atoms with Crippen molar-refractivity contribution in [3.63, 3.8) is 0 Å². The van der Waals surface area contributed by atoms with Crippen molar-refractivity contribution in [2.45, 2.75) is 33.6 Å². The van der Waals surface area contributed by atoms with Crippen molar-refractivity contribution in [2.75, 3.05) is 32.8 Å². The second-order valence-electron chi connectivity index (χ2n) is 5.76. The van der Waals surface area contributed by atoms with E-state index in [1.807, 2.05) is 6.92 Å². The summed E-state index contributed by atoms with van der Waals surface area (Å²) in [6.45, 7) is 10.3. The lowest BCUT2D eigenvalue weighted by Crippen LogP contribution is -2.38. The van der Waals surface area contributed by atoms with Crippen LogP contribution in [0.1, 0.15) is 31.5 Å². The van der Waals surface area contributed by atoms with Gasteiger partial charge in [0.05, 0.1) is 0 Å². The molecule has 0 fully saturated rings. The molecule has 0 aliphatic rings. The molecule has 5 nitrogen and oxygen atoms in total. The minimum atomic E-state index is 0.770. The van der Waals surface area contributed by atoms with Crippen LogP contribution in [0.3, 0.4) is 0 Å². The number of aromatic nitrogens is 1. The Labute approximate surface area is 144 Å². The van der Waals surface area contributed by atoms with Crippen molar-refractivity contribution in [3.05, 3.63) is 35.5 Å². The van der Waals surface area contributed by atoms with Crippen LogP contribution in [0.15, 0.2) is 29.3 Å². The van der Waals surface area contributed by atoms with Crippen LogP contribution in [0.2, 0.25) is 0 Å². The van der Waals surface area contributed by atoms with Crippen molar-refractivity contribution in [2.24, 2.45) is 4.99 Å². The lowest BCUT2D eigenvalue weighted by Gasteiger charge is -2.11. The molecule has 0 spiro atoms. The maximum atomic E-state index is 5.35. The Morgan fingerprint density at radius 3 is 2.83 bits per heavy atom. The van der Waals surface area contributed by atoms with E-state index in [1.165, 1.54) is 22.2 Å². The number of hydrogen-bond acceptors (Lipinski definition) is 2. The van der Waals surface area contributed by atoms with Crippen molar-refractivity contribution in [3.8, 4) is 0 Å². The molecule has 0 radical (unpaired) electrons. The van der Waals surface area contributed by atoms with Crippen molar-refractivity contribution >= 4 is 16.9 Å². The number of guanidine groups is 1. The third-order valence-corrected chi connectivity index (χ3v) is 3.96. The second-order valence-corrected chi connectivity index (χ2v) is 5.76. The topological polar surface area (TPSA) is 61.4 Å². The van der Waals surface area contributed by atoms with Gasteiger partial charge in [-0.2, -0.15) is 0 Å². The zero-order valence-electron chi connectivity index (χ0n) is 15.1. The fourth-order valence-electron chi connectivity index (χ4n) is 2.81. The zero-order valence-corrected chi connectivity index (χ0v) is 15.1. The van der Waals surface area contributed by atoms with Gasteiger partial charge in [0.2, 0.25) is 0 Å². The molecule has 1 heterocycles. The normalized spacial score (nSPS) is 11.9. The predicted molar refractivity (Wildman–Crippen MR) is 102 cm³/mol. The molecule has 0 saturated carbocycles. The second kappa shape index (κ2) is 9.98. The average Bonchev–Trinajstić information content (AvgIpc) is 2.90. The number of hydrogen-bond donors (Lipinski definition) is 3. The molecule has 2 aromatic rings. The molecular weight excluding hydrogens is 300 g/mol. The van der Waals surface area contributed by atoms with E-state index >= 15 is 0 Å². The molecule has 0 aliphatic carbocycles. The minimum Gasteiger partial charge on any atom is -0.382 e. The lowest BCUT2D eigenvalue weighted by atomic mass is 10.1. The van der Waals surface area contributed by atoms with Crippen LogP contribution >= 0.6 is 0 Å². The van der Waals surface area contributed by atoms with Gasteiger partial charge in [-0.15, -0.1) is 0 Å². The number of nitrogens with one attached hydrogen (secondary N) is 3. The van der Waals surface area contributed by atoms with E-state index in [0.29, 0.717) is 0 Å². The quantitative estimate of drug-likeness (QED) is 0.376. The van der Waals surface area contributed by atoms with Gasteiger partial charge in [-0.1, -0.05) is 18.2 Å². The zero-order chi connectivity index (χ0) is 17.2. The fourth-order valence-corrected chi connectivity index (χ4v) is 2.81. The highest BCUT2D eigenvalue weighted by atomic mass is 16.5. The first kappa shape index (κ1) is 18.3. The monoisotopic (exact) mass is 330 g/mol. The number of ether oxygens (including phenoxy) is 1. The van der Waals surface area contributed by atoms with E-state index in [2.05, 4.69) is 58.7 Å². The van der Waals surface area contributed by atoms with Gasteiger partial charge < -0.3 is 20.4 Å². The molecule has 2 rings (SSSR count). The molecule has 0 saturated heterocycles. The summed E-state index contributed by atoms with van der Waals surface area (Å²) in [5.41, 5.74) is 3.84. The number of aliphatic imine (C=N–C) groups is 1. The number of rotatable bonds is 9. The number of H-pyrrole nitrogens is 1. The SMILES string of the molecule is CCNC(=NCCCOCC)NCCc1c(C)[nH]c2ccccc12.